The number of rotatable bonds is 10. The molecule has 0 atom stereocenters. The maximum atomic E-state index is 9.08. The molecule has 1 aromatic carbocycles. The second-order valence-corrected chi connectivity index (χ2v) is 4.19. The highest BCUT2D eigenvalue weighted by atomic mass is 16.5. The van der Waals surface area contributed by atoms with E-state index in [-0.39, 0.29) is 25.7 Å². The molecule has 1 aromatic rings. The van der Waals surface area contributed by atoms with Crippen LogP contribution in [0, 0.1) is 0 Å². The summed E-state index contributed by atoms with van der Waals surface area (Å²) < 4.78 is 10.5. The lowest BCUT2D eigenvalue weighted by Gasteiger charge is -2.12. The molecule has 0 radical (unpaired) electrons. The lowest BCUT2D eigenvalue weighted by atomic mass is 10.00. The summed E-state index contributed by atoms with van der Waals surface area (Å²) in [7, 11) is 0. The molecular formula is C14H22O5. The smallest absolute Gasteiger partial charge is 0.0718 e. The van der Waals surface area contributed by atoms with Crippen LogP contribution in [-0.4, -0.2) is 55.0 Å². The largest absolute Gasteiger partial charge is 0.396 e. The maximum Gasteiger partial charge on any atom is 0.0718 e. The minimum atomic E-state index is -0.221. The Morgan fingerprint density at radius 1 is 0.842 bits per heavy atom. The molecule has 0 heterocycles. The first-order chi connectivity index (χ1) is 9.31. The summed E-state index contributed by atoms with van der Waals surface area (Å²) in [6.45, 7) is 1.68. The predicted octanol–water partition coefficient (Wildman–Crippen LogP) is 0.280. The average Bonchev–Trinajstić information content (AvgIpc) is 2.45. The predicted molar refractivity (Wildman–Crippen MR) is 70.9 cm³/mol. The average molecular weight is 270 g/mol. The quantitative estimate of drug-likeness (QED) is 0.532. The molecule has 1 rings (SSSR count). The third-order valence-electron chi connectivity index (χ3n) is 2.77. The van der Waals surface area contributed by atoms with Gasteiger partial charge in [0.05, 0.1) is 46.2 Å². The minimum absolute atomic E-state index is 0.0261. The van der Waals surface area contributed by atoms with E-state index in [1.807, 2.05) is 24.3 Å². The minimum Gasteiger partial charge on any atom is -0.396 e. The van der Waals surface area contributed by atoms with Crippen molar-refractivity contribution in [2.75, 3.05) is 39.6 Å². The van der Waals surface area contributed by atoms with E-state index in [4.69, 9.17) is 24.8 Å². The van der Waals surface area contributed by atoms with Gasteiger partial charge in [-0.3, -0.25) is 0 Å². The molecule has 0 aliphatic rings. The topological polar surface area (TPSA) is 79.2 Å². The molecule has 0 amide bonds. The van der Waals surface area contributed by atoms with Crippen LogP contribution in [0.4, 0.5) is 0 Å². The van der Waals surface area contributed by atoms with Gasteiger partial charge in [0, 0.05) is 5.92 Å². The Bertz CT molecular complexity index is 321. The maximum absolute atomic E-state index is 9.08. The van der Waals surface area contributed by atoms with Crippen LogP contribution in [0.25, 0.3) is 0 Å². The van der Waals surface area contributed by atoms with Crippen LogP contribution in [0.3, 0.4) is 0 Å². The normalized spacial score (nSPS) is 11.2. The van der Waals surface area contributed by atoms with Gasteiger partial charge in [0.2, 0.25) is 0 Å². The number of hydrogen-bond acceptors (Lipinski definition) is 5. The summed E-state index contributed by atoms with van der Waals surface area (Å²) in [4.78, 5) is 0. The molecule has 0 unspecified atom stereocenters. The van der Waals surface area contributed by atoms with Crippen LogP contribution in [0.1, 0.15) is 17.0 Å². The van der Waals surface area contributed by atoms with E-state index < -0.39 is 0 Å². The van der Waals surface area contributed by atoms with Crippen molar-refractivity contribution in [2.24, 2.45) is 0 Å². The van der Waals surface area contributed by atoms with E-state index in [0.717, 1.165) is 11.1 Å². The SMILES string of the molecule is OCCOCCOCc1ccc(C(CO)CO)cc1. The summed E-state index contributed by atoms with van der Waals surface area (Å²) in [6.07, 6.45) is 0. The molecule has 0 saturated carbocycles. The van der Waals surface area contributed by atoms with Crippen molar-refractivity contribution in [1.82, 2.24) is 0 Å². The molecule has 108 valence electrons. The summed E-state index contributed by atoms with van der Waals surface area (Å²) in [5.41, 5.74) is 1.94. The van der Waals surface area contributed by atoms with Gasteiger partial charge in [0.1, 0.15) is 0 Å². The molecule has 0 bridgehead atoms. The van der Waals surface area contributed by atoms with Crippen molar-refractivity contribution in [3.05, 3.63) is 35.4 Å². The zero-order valence-electron chi connectivity index (χ0n) is 11.0. The van der Waals surface area contributed by atoms with E-state index in [1.165, 1.54) is 0 Å². The summed E-state index contributed by atoms with van der Waals surface area (Å²) in [6, 6.07) is 7.61. The fraction of sp³-hybridized carbons (Fsp3) is 0.571. The summed E-state index contributed by atoms with van der Waals surface area (Å²) in [5.74, 6) is -0.221. The van der Waals surface area contributed by atoms with Crippen molar-refractivity contribution in [2.45, 2.75) is 12.5 Å². The number of hydrogen-bond donors (Lipinski definition) is 3. The first kappa shape index (κ1) is 16.1. The molecule has 0 aromatic heterocycles. The van der Waals surface area contributed by atoms with Crippen LogP contribution in [0.2, 0.25) is 0 Å². The van der Waals surface area contributed by atoms with Crippen molar-refractivity contribution in [3.8, 4) is 0 Å². The van der Waals surface area contributed by atoms with Gasteiger partial charge in [0.15, 0.2) is 0 Å². The van der Waals surface area contributed by atoms with Crippen molar-refractivity contribution in [3.63, 3.8) is 0 Å². The van der Waals surface area contributed by atoms with Crippen LogP contribution in [-0.2, 0) is 16.1 Å². The highest BCUT2D eigenvalue weighted by Gasteiger charge is 2.08. The second-order valence-electron chi connectivity index (χ2n) is 4.19. The molecule has 3 N–H and O–H groups in total. The summed E-state index contributed by atoms with van der Waals surface area (Å²) in [5, 5.41) is 26.7. The van der Waals surface area contributed by atoms with E-state index in [0.29, 0.717) is 26.4 Å². The van der Waals surface area contributed by atoms with Crippen LogP contribution >= 0.6 is 0 Å². The molecule has 0 spiro atoms. The molecule has 0 aliphatic carbocycles. The van der Waals surface area contributed by atoms with E-state index in [9.17, 15) is 0 Å². The van der Waals surface area contributed by atoms with Gasteiger partial charge in [-0.2, -0.15) is 0 Å². The fourth-order valence-electron chi connectivity index (χ4n) is 1.63. The van der Waals surface area contributed by atoms with Gasteiger partial charge in [-0.15, -0.1) is 0 Å². The lowest BCUT2D eigenvalue weighted by Crippen LogP contribution is -2.09. The van der Waals surface area contributed by atoms with Crippen LogP contribution in [0.15, 0.2) is 24.3 Å². The van der Waals surface area contributed by atoms with E-state index in [1.54, 1.807) is 0 Å². The lowest BCUT2D eigenvalue weighted by molar-refractivity contribution is 0.0274. The Morgan fingerprint density at radius 2 is 1.47 bits per heavy atom. The van der Waals surface area contributed by atoms with E-state index >= 15 is 0 Å². The molecule has 0 aliphatic heterocycles. The molecule has 19 heavy (non-hydrogen) atoms. The Kier molecular flexibility index (Phi) is 8.36. The van der Waals surface area contributed by atoms with Gasteiger partial charge in [-0.25, -0.2) is 0 Å². The second kappa shape index (κ2) is 9.89. The third kappa shape index (κ3) is 6.13. The first-order valence-corrected chi connectivity index (χ1v) is 6.38. The number of aliphatic hydroxyl groups excluding tert-OH is 3. The van der Waals surface area contributed by atoms with Gasteiger partial charge in [-0.1, -0.05) is 24.3 Å². The third-order valence-corrected chi connectivity index (χ3v) is 2.77. The van der Waals surface area contributed by atoms with Gasteiger partial charge in [-0.05, 0) is 11.1 Å². The van der Waals surface area contributed by atoms with Crippen molar-refractivity contribution < 1.29 is 24.8 Å². The molecule has 5 nitrogen and oxygen atoms in total. The van der Waals surface area contributed by atoms with Crippen molar-refractivity contribution >= 4 is 0 Å². The number of benzene rings is 1. The Balaban J connectivity index is 2.28. The zero-order valence-corrected chi connectivity index (χ0v) is 11.0. The molecule has 5 heteroatoms. The van der Waals surface area contributed by atoms with Gasteiger partial charge in [0.25, 0.3) is 0 Å². The van der Waals surface area contributed by atoms with Crippen LogP contribution in [0.5, 0.6) is 0 Å². The Hall–Kier alpha value is -0.980. The monoisotopic (exact) mass is 270 g/mol. The van der Waals surface area contributed by atoms with Gasteiger partial charge >= 0.3 is 0 Å². The first-order valence-electron chi connectivity index (χ1n) is 6.38. The van der Waals surface area contributed by atoms with Crippen LogP contribution < -0.4 is 0 Å². The molecule has 0 saturated heterocycles. The Morgan fingerprint density at radius 3 is 2.05 bits per heavy atom. The fourth-order valence-corrected chi connectivity index (χ4v) is 1.63. The van der Waals surface area contributed by atoms with E-state index in [2.05, 4.69) is 0 Å². The van der Waals surface area contributed by atoms with Crippen molar-refractivity contribution in [1.29, 1.82) is 0 Å². The highest BCUT2D eigenvalue weighted by molar-refractivity contribution is 5.25. The summed E-state index contributed by atoms with van der Waals surface area (Å²) >= 11 is 0. The zero-order chi connectivity index (χ0) is 13.9. The molecular weight excluding hydrogens is 248 g/mol. The van der Waals surface area contributed by atoms with Gasteiger partial charge < -0.3 is 24.8 Å². The highest BCUT2D eigenvalue weighted by Crippen LogP contribution is 2.15. The molecule has 0 fully saturated rings. The Labute approximate surface area is 113 Å². The number of ether oxygens (including phenoxy) is 2. The number of aliphatic hydroxyl groups is 3. The standard InChI is InChI=1S/C14H22O5/c15-5-6-18-7-8-19-11-12-1-3-13(4-2-12)14(9-16)10-17/h1-4,14-17H,5-11H2.